The van der Waals surface area contributed by atoms with Crippen molar-refractivity contribution in [1.82, 2.24) is 0 Å². The second kappa shape index (κ2) is 8.08. The molecule has 0 aliphatic rings. The summed E-state index contributed by atoms with van der Waals surface area (Å²) in [5.41, 5.74) is 0.175. The highest BCUT2D eigenvalue weighted by molar-refractivity contribution is 4.88. The average molecular weight is 230 g/mol. The van der Waals surface area contributed by atoms with E-state index in [9.17, 15) is 0 Å². The van der Waals surface area contributed by atoms with Crippen LogP contribution in [0.4, 0.5) is 0 Å². The maximum absolute atomic E-state index is 5.47. The molecule has 98 valence electrons. The molecule has 2 nitrogen and oxygen atoms in total. The van der Waals surface area contributed by atoms with Gasteiger partial charge in [-0.25, -0.2) is 0 Å². The van der Waals surface area contributed by atoms with E-state index in [0.29, 0.717) is 11.8 Å². The van der Waals surface area contributed by atoms with E-state index in [-0.39, 0.29) is 5.41 Å². The quantitative estimate of drug-likeness (QED) is 0.600. The summed E-state index contributed by atoms with van der Waals surface area (Å²) < 4.78 is 10.9. The molecule has 0 heterocycles. The third kappa shape index (κ3) is 3.74. The molecule has 0 saturated carbocycles. The summed E-state index contributed by atoms with van der Waals surface area (Å²) in [5.74, 6) is 1.28. The highest BCUT2D eigenvalue weighted by atomic mass is 16.5. The number of ether oxygens (including phenoxy) is 2. The molecule has 0 saturated heterocycles. The largest absolute Gasteiger partial charge is 0.384 e. The Morgan fingerprint density at radius 3 is 1.75 bits per heavy atom. The molecule has 2 heteroatoms. The van der Waals surface area contributed by atoms with Gasteiger partial charge in [0.2, 0.25) is 0 Å². The van der Waals surface area contributed by atoms with Crippen molar-refractivity contribution in [3.05, 3.63) is 0 Å². The Kier molecular flexibility index (Phi) is 8.04. The first-order valence-corrected chi connectivity index (χ1v) is 6.56. The van der Waals surface area contributed by atoms with Gasteiger partial charge in [0.15, 0.2) is 0 Å². The first-order valence-electron chi connectivity index (χ1n) is 6.56. The maximum Gasteiger partial charge on any atom is 0.0545 e. The van der Waals surface area contributed by atoms with Crippen LogP contribution >= 0.6 is 0 Å². The normalized spacial score (nSPS) is 14.4. The highest BCUT2D eigenvalue weighted by Gasteiger charge is 2.40. The Hall–Kier alpha value is -0.0800. The fraction of sp³-hybridized carbons (Fsp3) is 1.00. The lowest BCUT2D eigenvalue weighted by atomic mass is 9.66. The molecule has 0 amide bonds. The van der Waals surface area contributed by atoms with Crippen LogP contribution in [0.25, 0.3) is 0 Å². The van der Waals surface area contributed by atoms with Crippen molar-refractivity contribution in [3.63, 3.8) is 0 Å². The summed E-state index contributed by atoms with van der Waals surface area (Å²) >= 11 is 0. The van der Waals surface area contributed by atoms with E-state index in [1.807, 2.05) is 0 Å². The van der Waals surface area contributed by atoms with E-state index < -0.39 is 0 Å². The number of hydrogen-bond donors (Lipinski definition) is 0. The van der Waals surface area contributed by atoms with Gasteiger partial charge in [-0.15, -0.1) is 0 Å². The van der Waals surface area contributed by atoms with Gasteiger partial charge in [-0.05, 0) is 11.8 Å². The molecular formula is C14H30O2. The average Bonchev–Trinajstić information content (AvgIpc) is 2.25. The Balaban J connectivity index is 4.94. The van der Waals surface area contributed by atoms with Crippen molar-refractivity contribution in [3.8, 4) is 0 Å². The van der Waals surface area contributed by atoms with Gasteiger partial charge < -0.3 is 9.47 Å². The van der Waals surface area contributed by atoms with Crippen LogP contribution in [0.3, 0.4) is 0 Å². The van der Waals surface area contributed by atoms with E-state index in [2.05, 4.69) is 27.7 Å². The second-order valence-electron chi connectivity index (χ2n) is 5.15. The Morgan fingerprint density at radius 1 is 1.00 bits per heavy atom. The minimum absolute atomic E-state index is 0.175. The van der Waals surface area contributed by atoms with Crippen molar-refractivity contribution in [2.75, 3.05) is 27.4 Å². The van der Waals surface area contributed by atoms with Crippen LogP contribution in [-0.4, -0.2) is 27.4 Å². The van der Waals surface area contributed by atoms with Crippen LogP contribution in [0.15, 0.2) is 0 Å². The molecule has 1 atom stereocenters. The van der Waals surface area contributed by atoms with Crippen molar-refractivity contribution in [2.45, 2.75) is 47.0 Å². The number of rotatable bonds is 9. The van der Waals surface area contributed by atoms with Gasteiger partial charge >= 0.3 is 0 Å². The fourth-order valence-electron chi connectivity index (χ4n) is 2.87. The lowest BCUT2D eigenvalue weighted by molar-refractivity contribution is -0.0648. The SMILES string of the molecule is CCCC(CC)C(COC)(COC)C(C)C. The van der Waals surface area contributed by atoms with E-state index in [0.717, 1.165) is 13.2 Å². The van der Waals surface area contributed by atoms with Crippen molar-refractivity contribution < 1.29 is 9.47 Å². The molecule has 0 aliphatic heterocycles. The van der Waals surface area contributed by atoms with Gasteiger partial charge in [-0.1, -0.05) is 47.0 Å². The molecule has 0 aromatic rings. The number of methoxy groups -OCH3 is 2. The van der Waals surface area contributed by atoms with E-state index in [1.54, 1.807) is 14.2 Å². The Bertz CT molecular complexity index is 160. The fourth-order valence-corrected chi connectivity index (χ4v) is 2.87. The zero-order chi connectivity index (χ0) is 12.6. The molecule has 1 unspecified atom stereocenters. The summed E-state index contributed by atoms with van der Waals surface area (Å²) in [6.45, 7) is 10.7. The van der Waals surface area contributed by atoms with Crippen LogP contribution < -0.4 is 0 Å². The molecule has 0 rings (SSSR count). The van der Waals surface area contributed by atoms with Gasteiger partial charge in [0.1, 0.15) is 0 Å². The van der Waals surface area contributed by atoms with Crippen molar-refractivity contribution in [2.24, 2.45) is 17.3 Å². The standard InChI is InChI=1S/C14H30O2/c1-7-9-13(8-2)14(10-15-5,11-16-6)12(3)4/h12-13H,7-11H2,1-6H3. The third-order valence-electron chi connectivity index (χ3n) is 3.92. The zero-order valence-corrected chi connectivity index (χ0v) is 12.0. The molecule has 0 N–H and O–H groups in total. The summed E-state index contributed by atoms with van der Waals surface area (Å²) in [5, 5.41) is 0. The molecule has 0 bridgehead atoms. The van der Waals surface area contributed by atoms with E-state index in [4.69, 9.17) is 9.47 Å². The lowest BCUT2D eigenvalue weighted by Gasteiger charge is -2.43. The monoisotopic (exact) mass is 230 g/mol. The topological polar surface area (TPSA) is 18.5 Å². The zero-order valence-electron chi connectivity index (χ0n) is 12.0. The molecule has 0 aromatic heterocycles. The van der Waals surface area contributed by atoms with Gasteiger partial charge in [-0.3, -0.25) is 0 Å². The lowest BCUT2D eigenvalue weighted by Crippen LogP contribution is -2.43. The van der Waals surface area contributed by atoms with Gasteiger partial charge in [0.25, 0.3) is 0 Å². The number of hydrogen-bond acceptors (Lipinski definition) is 2. The summed E-state index contributed by atoms with van der Waals surface area (Å²) in [6, 6.07) is 0. The highest BCUT2D eigenvalue weighted by Crippen LogP contribution is 2.41. The first kappa shape index (κ1) is 15.9. The van der Waals surface area contributed by atoms with Crippen LogP contribution in [0.1, 0.15) is 47.0 Å². The first-order chi connectivity index (χ1) is 7.58. The van der Waals surface area contributed by atoms with Crippen LogP contribution in [0, 0.1) is 17.3 Å². The minimum atomic E-state index is 0.175. The molecule has 0 radical (unpaired) electrons. The predicted molar refractivity (Wildman–Crippen MR) is 69.7 cm³/mol. The smallest absolute Gasteiger partial charge is 0.0545 e. The molecule has 16 heavy (non-hydrogen) atoms. The van der Waals surface area contributed by atoms with Crippen LogP contribution in [-0.2, 0) is 9.47 Å². The van der Waals surface area contributed by atoms with Gasteiger partial charge in [0.05, 0.1) is 13.2 Å². The molecule has 0 aliphatic carbocycles. The summed E-state index contributed by atoms with van der Waals surface area (Å²) in [6.07, 6.45) is 3.71. The second-order valence-corrected chi connectivity index (χ2v) is 5.15. The summed E-state index contributed by atoms with van der Waals surface area (Å²) in [4.78, 5) is 0. The maximum atomic E-state index is 5.47. The van der Waals surface area contributed by atoms with Gasteiger partial charge in [0, 0.05) is 19.6 Å². The van der Waals surface area contributed by atoms with E-state index >= 15 is 0 Å². The summed E-state index contributed by atoms with van der Waals surface area (Å²) in [7, 11) is 3.59. The predicted octanol–water partition coefficient (Wildman–Crippen LogP) is 3.75. The van der Waals surface area contributed by atoms with Crippen LogP contribution in [0.2, 0.25) is 0 Å². The molecule has 0 fully saturated rings. The molecular weight excluding hydrogens is 200 g/mol. The Labute approximate surface area is 102 Å². The Morgan fingerprint density at radius 2 is 1.50 bits per heavy atom. The van der Waals surface area contributed by atoms with Gasteiger partial charge in [-0.2, -0.15) is 0 Å². The minimum Gasteiger partial charge on any atom is -0.384 e. The molecule has 0 aromatic carbocycles. The van der Waals surface area contributed by atoms with Crippen molar-refractivity contribution >= 4 is 0 Å². The van der Waals surface area contributed by atoms with Crippen LogP contribution in [0.5, 0.6) is 0 Å². The van der Waals surface area contributed by atoms with Crippen molar-refractivity contribution in [1.29, 1.82) is 0 Å². The molecule has 0 spiro atoms. The van der Waals surface area contributed by atoms with E-state index in [1.165, 1.54) is 19.3 Å². The third-order valence-corrected chi connectivity index (χ3v) is 3.92.